The van der Waals surface area contributed by atoms with Crippen LogP contribution in [-0.2, 0) is 16.0 Å². The minimum Gasteiger partial charge on any atom is -0.464 e. The fraction of sp³-hybridized carbons (Fsp3) is 0.364. The molecule has 0 saturated heterocycles. The van der Waals surface area contributed by atoms with E-state index in [0.29, 0.717) is 16.5 Å². The van der Waals surface area contributed by atoms with E-state index in [1.54, 1.807) is 18.2 Å². The molecular weight excluding hydrogens is 270 g/mol. The van der Waals surface area contributed by atoms with E-state index in [1.807, 2.05) is 0 Å². The maximum atomic E-state index is 10.6. The van der Waals surface area contributed by atoms with Gasteiger partial charge in [-0.1, -0.05) is 23.2 Å². The summed E-state index contributed by atoms with van der Waals surface area (Å²) in [4.78, 5) is 10.6. The molecule has 0 N–H and O–H groups in total. The molecule has 0 radical (unpaired) electrons. The van der Waals surface area contributed by atoms with Crippen LogP contribution in [0, 0.1) is 0 Å². The number of hydrogen-bond acceptors (Lipinski definition) is 2. The first-order valence-corrected chi connectivity index (χ1v) is 5.89. The highest BCUT2D eigenvalue weighted by Crippen LogP contribution is 2.23. The molecule has 1 atom stereocenters. The molecule has 5 heteroatoms. The van der Waals surface area contributed by atoms with Crippen molar-refractivity contribution >= 4 is 40.8 Å². The second-order valence-electron chi connectivity index (χ2n) is 3.34. The predicted molar refractivity (Wildman–Crippen MR) is 66.4 cm³/mol. The summed E-state index contributed by atoms with van der Waals surface area (Å²) < 4.78 is 4.80. The third kappa shape index (κ3) is 4.60. The fourth-order valence-electron chi connectivity index (χ4n) is 1.21. The van der Waals surface area contributed by atoms with Crippen molar-refractivity contribution in [3.63, 3.8) is 0 Å². The smallest absolute Gasteiger partial charge is 0.302 e. The molecule has 0 aromatic heterocycles. The van der Waals surface area contributed by atoms with E-state index in [2.05, 4.69) is 0 Å². The minimum absolute atomic E-state index is 0.166. The first kappa shape index (κ1) is 13.6. The summed E-state index contributed by atoms with van der Waals surface area (Å²) in [6.07, 6.45) is 0.508. The number of ether oxygens (including phenoxy) is 1. The largest absolute Gasteiger partial charge is 0.464 e. The van der Waals surface area contributed by atoms with Crippen LogP contribution in [0.2, 0.25) is 10.0 Å². The van der Waals surface area contributed by atoms with Crippen LogP contribution >= 0.6 is 34.8 Å². The molecule has 0 bridgehead atoms. The van der Waals surface area contributed by atoms with Gasteiger partial charge in [0.25, 0.3) is 0 Å². The Labute approximate surface area is 109 Å². The third-order valence-electron chi connectivity index (χ3n) is 1.92. The van der Waals surface area contributed by atoms with Gasteiger partial charge in [0.1, 0.15) is 6.61 Å². The molecule has 2 nitrogen and oxygen atoms in total. The Morgan fingerprint density at radius 3 is 2.75 bits per heavy atom. The van der Waals surface area contributed by atoms with Gasteiger partial charge in [-0.3, -0.25) is 4.79 Å². The number of alkyl halides is 1. The van der Waals surface area contributed by atoms with Gasteiger partial charge in [-0.2, -0.15) is 0 Å². The first-order valence-electron chi connectivity index (χ1n) is 4.70. The highest BCUT2D eigenvalue weighted by atomic mass is 35.5. The number of benzene rings is 1. The van der Waals surface area contributed by atoms with E-state index in [-0.39, 0.29) is 18.0 Å². The lowest BCUT2D eigenvalue weighted by atomic mass is 10.1. The van der Waals surface area contributed by atoms with Crippen molar-refractivity contribution in [2.45, 2.75) is 18.7 Å². The van der Waals surface area contributed by atoms with Crippen molar-refractivity contribution in [2.24, 2.45) is 0 Å². The molecular formula is C11H11Cl3O2. The second-order valence-corrected chi connectivity index (χ2v) is 4.80. The number of halogens is 3. The highest BCUT2D eigenvalue weighted by molar-refractivity contribution is 6.33. The highest BCUT2D eigenvalue weighted by Gasteiger charge is 2.10. The number of esters is 1. The molecule has 0 aliphatic carbocycles. The molecule has 16 heavy (non-hydrogen) atoms. The SMILES string of the molecule is CC(=O)OCC(Cl)Cc1cc(Cl)ccc1Cl. The zero-order valence-corrected chi connectivity index (χ0v) is 10.9. The Morgan fingerprint density at radius 2 is 2.12 bits per heavy atom. The Hall–Kier alpha value is -0.440. The summed E-state index contributed by atoms with van der Waals surface area (Å²) >= 11 is 17.8. The van der Waals surface area contributed by atoms with E-state index >= 15 is 0 Å². The molecule has 0 amide bonds. The van der Waals surface area contributed by atoms with Gasteiger partial charge in [-0.15, -0.1) is 11.6 Å². The van der Waals surface area contributed by atoms with Crippen LogP contribution < -0.4 is 0 Å². The molecule has 0 aliphatic rings. The van der Waals surface area contributed by atoms with Gasteiger partial charge >= 0.3 is 5.97 Å². The summed E-state index contributed by atoms with van der Waals surface area (Å²) in [7, 11) is 0. The molecule has 0 fully saturated rings. The standard InChI is InChI=1S/C11H11Cl3O2/c1-7(15)16-6-10(13)5-8-4-9(12)2-3-11(8)14/h2-4,10H,5-6H2,1H3. The van der Waals surface area contributed by atoms with Gasteiger partial charge in [0, 0.05) is 17.0 Å². The van der Waals surface area contributed by atoms with Crippen LogP contribution in [-0.4, -0.2) is 18.0 Å². The maximum absolute atomic E-state index is 10.6. The van der Waals surface area contributed by atoms with Crippen LogP contribution in [0.4, 0.5) is 0 Å². The summed E-state index contributed by atoms with van der Waals surface area (Å²) in [6.45, 7) is 1.51. The van der Waals surface area contributed by atoms with Gasteiger partial charge in [0.2, 0.25) is 0 Å². The van der Waals surface area contributed by atoms with Crippen LogP contribution in [0.15, 0.2) is 18.2 Å². The summed E-state index contributed by atoms with van der Waals surface area (Å²) in [5, 5.41) is 0.911. The first-order chi connectivity index (χ1) is 7.49. The normalized spacial score (nSPS) is 12.2. The van der Waals surface area contributed by atoms with Crippen LogP contribution in [0.5, 0.6) is 0 Å². The number of carbonyl (C=O) groups excluding carboxylic acids is 1. The lowest BCUT2D eigenvalue weighted by Gasteiger charge is -2.10. The average Bonchev–Trinajstić information content (AvgIpc) is 2.20. The van der Waals surface area contributed by atoms with Crippen LogP contribution in [0.25, 0.3) is 0 Å². The van der Waals surface area contributed by atoms with Crippen molar-refractivity contribution < 1.29 is 9.53 Å². The zero-order chi connectivity index (χ0) is 12.1. The van der Waals surface area contributed by atoms with Crippen LogP contribution in [0.3, 0.4) is 0 Å². The minimum atomic E-state index is -0.345. The molecule has 0 spiro atoms. The Bertz CT molecular complexity index is 379. The Kier molecular flexibility index (Phi) is 5.39. The van der Waals surface area contributed by atoms with E-state index in [1.165, 1.54) is 6.92 Å². The summed E-state index contributed by atoms with van der Waals surface area (Å²) in [5.41, 5.74) is 0.848. The molecule has 1 rings (SSSR count). The van der Waals surface area contributed by atoms with Crippen molar-refractivity contribution in [3.05, 3.63) is 33.8 Å². The number of hydrogen-bond donors (Lipinski definition) is 0. The van der Waals surface area contributed by atoms with E-state index in [9.17, 15) is 4.79 Å². The fourth-order valence-corrected chi connectivity index (χ4v) is 1.82. The van der Waals surface area contributed by atoms with Gasteiger partial charge < -0.3 is 4.74 Å². The van der Waals surface area contributed by atoms with Gasteiger partial charge in [-0.25, -0.2) is 0 Å². The maximum Gasteiger partial charge on any atom is 0.302 e. The predicted octanol–water partition coefficient (Wildman–Crippen LogP) is 3.71. The quantitative estimate of drug-likeness (QED) is 0.621. The molecule has 1 aromatic rings. The molecule has 1 unspecified atom stereocenters. The zero-order valence-electron chi connectivity index (χ0n) is 8.67. The Balaban J connectivity index is 2.58. The van der Waals surface area contributed by atoms with Gasteiger partial charge in [0.15, 0.2) is 0 Å². The molecule has 88 valence electrons. The summed E-state index contributed by atoms with van der Waals surface area (Å²) in [6, 6.07) is 5.18. The van der Waals surface area contributed by atoms with Crippen LogP contribution in [0.1, 0.15) is 12.5 Å². The molecule has 1 aromatic carbocycles. The van der Waals surface area contributed by atoms with Crippen molar-refractivity contribution in [2.75, 3.05) is 6.61 Å². The van der Waals surface area contributed by atoms with Crippen molar-refractivity contribution in [1.29, 1.82) is 0 Å². The van der Waals surface area contributed by atoms with E-state index in [0.717, 1.165) is 5.56 Å². The van der Waals surface area contributed by atoms with Crippen molar-refractivity contribution in [3.8, 4) is 0 Å². The van der Waals surface area contributed by atoms with Gasteiger partial charge in [0.05, 0.1) is 5.38 Å². The van der Waals surface area contributed by atoms with E-state index < -0.39 is 0 Å². The number of carbonyl (C=O) groups is 1. The monoisotopic (exact) mass is 280 g/mol. The Morgan fingerprint density at radius 1 is 1.44 bits per heavy atom. The summed E-state index contributed by atoms with van der Waals surface area (Å²) in [5.74, 6) is -0.345. The third-order valence-corrected chi connectivity index (χ3v) is 2.80. The topological polar surface area (TPSA) is 26.3 Å². The average molecular weight is 282 g/mol. The lowest BCUT2D eigenvalue weighted by Crippen LogP contribution is -2.14. The van der Waals surface area contributed by atoms with Gasteiger partial charge in [-0.05, 0) is 30.2 Å². The lowest BCUT2D eigenvalue weighted by molar-refractivity contribution is -0.140. The number of rotatable bonds is 4. The van der Waals surface area contributed by atoms with E-state index in [4.69, 9.17) is 39.5 Å². The second kappa shape index (κ2) is 6.33. The molecule has 0 aliphatic heterocycles. The molecule has 0 saturated carbocycles. The molecule has 0 heterocycles. The van der Waals surface area contributed by atoms with Crippen molar-refractivity contribution in [1.82, 2.24) is 0 Å².